The molecule has 0 aliphatic carbocycles. The SMILES string of the molecule is CC(OC(=O)c1c(F)cccc1F)C(=O)Nc1ccc(Oc2ccccc2)cc1. The van der Waals surface area contributed by atoms with Crippen molar-refractivity contribution in [2.24, 2.45) is 0 Å². The summed E-state index contributed by atoms with van der Waals surface area (Å²) in [6.45, 7) is 1.30. The Morgan fingerprint density at radius 2 is 1.41 bits per heavy atom. The fourth-order valence-electron chi connectivity index (χ4n) is 2.44. The summed E-state index contributed by atoms with van der Waals surface area (Å²) >= 11 is 0. The molecule has 148 valence electrons. The summed E-state index contributed by atoms with van der Waals surface area (Å²) in [4.78, 5) is 24.2. The van der Waals surface area contributed by atoms with E-state index in [1.807, 2.05) is 30.3 Å². The van der Waals surface area contributed by atoms with Crippen LogP contribution in [0, 0.1) is 11.6 Å². The van der Waals surface area contributed by atoms with Crippen molar-refractivity contribution in [1.29, 1.82) is 0 Å². The molecule has 7 heteroatoms. The van der Waals surface area contributed by atoms with Gasteiger partial charge in [-0.25, -0.2) is 13.6 Å². The van der Waals surface area contributed by atoms with Crippen molar-refractivity contribution in [2.45, 2.75) is 13.0 Å². The van der Waals surface area contributed by atoms with Crippen LogP contribution in [0.4, 0.5) is 14.5 Å². The number of anilines is 1. The minimum absolute atomic E-state index is 0.440. The van der Waals surface area contributed by atoms with Crippen LogP contribution in [-0.2, 0) is 9.53 Å². The van der Waals surface area contributed by atoms with Gasteiger partial charge in [-0.05, 0) is 55.5 Å². The maximum Gasteiger partial charge on any atom is 0.344 e. The number of nitrogens with one attached hydrogen (secondary N) is 1. The molecule has 0 spiro atoms. The Balaban J connectivity index is 1.58. The van der Waals surface area contributed by atoms with E-state index in [-0.39, 0.29) is 0 Å². The Bertz CT molecular complexity index is 987. The first-order valence-corrected chi connectivity index (χ1v) is 8.73. The van der Waals surface area contributed by atoms with Crippen LogP contribution in [0.15, 0.2) is 72.8 Å². The maximum absolute atomic E-state index is 13.6. The van der Waals surface area contributed by atoms with E-state index >= 15 is 0 Å². The number of benzene rings is 3. The molecule has 0 saturated heterocycles. The molecule has 0 aliphatic rings. The van der Waals surface area contributed by atoms with Gasteiger partial charge in [0.1, 0.15) is 28.7 Å². The first kappa shape index (κ1) is 20.0. The molecule has 29 heavy (non-hydrogen) atoms. The highest BCUT2D eigenvalue weighted by atomic mass is 19.1. The fourth-order valence-corrected chi connectivity index (χ4v) is 2.44. The summed E-state index contributed by atoms with van der Waals surface area (Å²) in [7, 11) is 0. The molecular formula is C22H17F2NO4. The zero-order valence-electron chi connectivity index (χ0n) is 15.4. The third-order valence-corrected chi connectivity index (χ3v) is 3.92. The second-order valence-corrected chi connectivity index (χ2v) is 6.07. The average Bonchev–Trinajstić information content (AvgIpc) is 2.70. The van der Waals surface area contributed by atoms with E-state index in [1.165, 1.54) is 6.92 Å². The number of amides is 1. The van der Waals surface area contributed by atoms with Gasteiger partial charge in [0.2, 0.25) is 0 Å². The molecule has 0 fully saturated rings. The van der Waals surface area contributed by atoms with E-state index in [4.69, 9.17) is 9.47 Å². The number of ether oxygens (including phenoxy) is 2. The maximum atomic E-state index is 13.6. The van der Waals surface area contributed by atoms with Gasteiger partial charge in [-0.15, -0.1) is 0 Å². The topological polar surface area (TPSA) is 64.6 Å². The Morgan fingerprint density at radius 3 is 2.03 bits per heavy atom. The Kier molecular flexibility index (Phi) is 6.19. The van der Waals surface area contributed by atoms with E-state index in [9.17, 15) is 18.4 Å². The lowest BCUT2D eigenvalue weighted by Crippen LogP contribution is -2.30. The molecule has 3 aromatic rings. The summed E-state index contributed by atoms with van der Waals surface area (Å²) in [5.41, 5.74) is -0.398. The number of rotatable bonds is 6. The highest BCUT2D eigenvalue weighted by Crippen LogP contribution is 2.23. The molecule has 5 nitrogen and oxygen atoms in total. The monoisotopic (exact) mass is 397 g/mol. The molecule has 1 unspecified atom stereocenters. The summed E-state index contributed by atoms with van der Waals surface area (Å²) in [6.07, 6.45) is -1.26. The summed E-state index contributed by atoms with van der Waals surface area (Å²) in [5.74, 6) is -2.77. The molecule has 0 bridgehead atoms. The molecule has 0 aromatic heterocycles. The Morgan fingerprint density at radius 1 is 0.828 bits per heavy atom. The van der Waals surface area contributed by atoms with Crippen molar-refractivity contribution in [2.75, 3.05) is 5.32 Å². The average molecular weight is 397 g/mol. The van der Waals surface area contributed by atoms with Gasteiger partial charge in [-0.3, -0.25) is 4.79 Å². The van der Waals surface area contributed by atoms with Gasteiger partial charge in [-0.2, -0.15) is 0 Å². The number of carbonyl (C=O) groups is 2. The Hall–Kier alpha value is -3.74. The number of halogens is 2. The van der Waals surface area contributed by atoms with Gasteiger partial charge >= 0.3 is 5.97 Å². The molecule has 0 heterocycles. The highest BCUT2D eigenvalue weighted by molar-refractivity contribution is 5.97. The van der Waals surface area contributed by atoms with E-state index in [0.717, 1.165) is 18.2 Å². The fraction of sp³-hybridized carbons (Fsp3) is 0.0909. The van der Waals surface area contributed by atoms with Crippen LogP contribution >= 0.6 is 0 Å². The van der Waals surface area contributed by atoms with Crippen molar-refractivity contribution >= 4 is 17.6 Å². The van der Waals surface area contributed by atoms with Crippen molar-refractivity contribution < 1.29 is 27.8 Å². The van der Waals surface area contributed by atoms with Crippen LogP contribution in [0.25, 0.3) is 0 Å². The molecule has 0 saturated carbocycles. The molecule has 3 rings (SSSR count). The normalized spacial score (nSPS) is 11.4. The summed E-state index contributed by atoms with van der Waals surface area (Å²) in [6, 6.07) is 18.7. The highest BCUT2D eigenvalue weighted by Gasteiger charge is 2.24. The summed E-state index contributed by atoms with van der Waals surface area (Å²) < 4.78 is 37.8. The molecule has 0 radical (unpaired) electrons. The smallest absolute Gasteiger partial charge is 0.344 e. The molecular weight excluding hydrogens is 380 g/mol. The number of esters is 1. The van der Waals surface area contributed by atoms with E-state index in [1.54, 1.807) is 24.3 Å². The summed E-state index contributed by atoms with van der Waals surface area (Å²) in [5, 5.41) is 2.56. The number of hydrogen-bond donors (Lipinski definition) is 1. The van der Waals surface area contributed by atoms with Crippen LogP contribution in [0.3, 0.4) is 0 Å². The zero-order valence-corrected chi connectivity index (χ0v) is 15.4. The number of hydrogen-bond acceptors (Lipinski definition) is 4. The lowest BCUT2D eigenvalue weighted by Gasteiger charge is -2.14. The predicted molar refractivity (Wildman–Crippen MR) is 103 cm³/mol. The third-order valence-electron chi connectivity index (χ3n) is 3.92. The number of carbonyl (C=O) groups excluding carboxylic acids is 2. The van der Waals surface area contributed by atoms with Crippen molar-refractivity contribution in [3.05, 3.63) is 90.0 Å². The molecule has 0 aliphatic heterocycles. The van der Waals surface area contributed by atoms with Gasteiger partial charge in [0.15, 0.2) is 6.10 Å². The van der Waals surface area contributed by atoms with Crippen LogP contribution in [0.1, 0.15) is 17.3 Å². The van der Waals surface area contributed by atoms with Crippen molar-refractivity contribution in [1.82, 2.24) is 0 Å². The van der Waals surface area contributed by atoms with Crippen LogP contribution in [-0.4, -0.2) is 18.0 Å². The van der Waals surface area contributed by atoms with Gasteiger partial charge in [-0.1, -0.05) is 24.3 Å². The van der Waals surface area contributed by atoms with E-state index in [0.29, 0.717) is 17.2 Å². The molecule has 1 atom stereocenters. The van der Waals surface area contributed by atoms with Crippen LogP contribution in [0.5, 0.6) is 11.5 Å². The lowest BCUT2D eigenvalue weighted by molar-refractivity contribution is -0.123. The first-order valence-electron chi connectivity index (χ1n) is 8.73. The number of para-hydroxylation sites is 1. The minimum atomic E-state index is -1.26. The predicted octanol–water partition coefficient (Wildman–Crippen LogP) is 4.94. The van der Waals surface area contributed by atoms with Gasteiger partial charge < -0.3 is 14.8 Å². The van der Waals surface area contributed by atoms with E-state index < -0.39 is 35.2 Å². The molecule has 1 N–H and O–H groups in total. The largest absolute Gasteiger partial charge is 0.457 e. The lowest BCUT2D eigenvalue weighted by atomic mass is 10.2. The van der Waals surface area contributed by atoms with Gasteiger partial charge in [0, 0.05) is 5.69 Å². The van der Waals surface area contributed by atoms with Crippen molar-refractivity contribution in [3.63, 3.8) is 0 Å². The standard InChI is InChI=1S/C22H17F2NO4/c1-14(28-22(27)20-18(23)8-5-9-19(20)24)21(26)25-15-10-12-17(13-11-15)29-16-6-3-2-4-7-16/h2-14H,1H3,(H,25,26). The minimum Gasteiger partial charge on any atom is -0.457 e. The van der Waals surface area contributed by atoms with Gasteiger partial charge in [0.25, 0.3) is 5.91 Å². The molecule has 3 aromatic carbocycles. The van der Waals surface area contributed by atoms with Gasteiger partial charge in [0.05, 0.1) is 0 Å². The van der Waals surface area contributed by atoms with E-state index in [2.05, 4.69) is 5.32 Å². The second-order valence-electron chi connectivity index (χ2n) is 6.07. The van der Waals surface area contributed by atoms with Crippen LogP contribution in [0.2, 0.25) is 0 Å². The second kappa shape index (κ2) is 8.97. The molecule has 1 amide bonds. The Labute approximate surface area is 165 Å². The quantitative estimate of drug-likeness (QED) is 0.599. The van der Waals surface area contributed by atoms with Crippen molar-refractivity contribution in [3.8, 4) is 11.5 Å². The third kappa shape index (κ3) is 5.16. The van der Waals surface area contributed by atoms with Crippen LogP contribution < -0.4 is 10.1 Å². The first-order chi connectivity index (χ1) is 13.9. The zero-order chi connectivity index (χ0) is 20.8.